The molecule has 8 nitrogen and oxygen atoms in total. The predicted octanol–water partition coefficient (Wildman–Crippen LogP) is 2.74. The van der Waals surface area contributed by atoms with E-state index in [9.17, 15) is 14.7 Å². The number of ether oxygens (including phenoxy) is 1. The standard InChI is InChI=1S/C20H21N3O5/c1-2-27-15-7-5-13(6-8-15)10-14(20(25)26)12-21-19(24)17-11-16(22-23-17)18-4-3-9-28-18/h3-9,11,14H,2,10,12H2,1H3,(H,21,24)(H,22,23)(H,25,26). The normalized spacial score (nSPS) is 11.8. The molecule has 1 aromatic carbocycles. The van der Waals surface area contributed by atoms with Crippen LogP contribution >= 0.6 is 0 Å². The van der Waals surface area contributed by atoms with E-state index >= 15 is 0 Å². The van der Waals surface area contributed by atoms with Crippen LogP contribution in [0.5, 0.6) is 5.75 Å². The monoisotopic (exact) mass is 383 g/mol. The highest BCUT2D eigenvalue weighted by molar-refractivity contribution is 5.93. The summed E-state index contributed by atoms with van der Waals surface area (Å²) in [4.78, 5) is 23.9. The zero-order valence-corrected chi connectivity index (χ0v) is 15.3. The van der Waals surface area contributed by atoms with Gasteiger partial charge in [-0.05, 0) is 43.2 Å². The number of benzene rings is 1. The summed E-state index contributed by atoms with van der Waals surface area (Å²) in [6, 6.07) is 12.3. The number of aromatic nitrogens is 2. The van der Waals surface area contributed by atoms with Crippen LogP contribution < -0.4 is 10.1 Å². The molecule has 0 bridgehead atoms. The fraction of sp³-hybridized carbons (Fsp3) is 0.250. The molecule has 1 unspecified atom stereocenters. The van der Waals surface area contributed by atoms with E-state index in [1.807, 2.05) is 19.1 Å². The average Bonchev–Trinajstić information content (AvgIpc) is 3.37. The zero-order valence-electron chi connectivity index (χ0n) is 15.3. The van der Waals surface area contributed by atoms with Gasteiger partial charge in [0.15, 0.2) is 11.5 Å². The highest BCUT2D eigenvalue weighted by Gasteiger charge is 2.20. The van der Waals surface area contributed by atoms with E-state index in [2.05, 4.69) is 15.5 Å². The molecule has 3 aromatic rings. The van der Waals surface area contributed by atoms with E-state index in [-0.39, 0.29) is 12.2 Å². The molecule has 2 aromatic heterocycles. The van der Waals surface area contributed by atoms with Gasteiger partial charge in [-0.2, -0.15) is 5.10 Å². The Labute approximate surface area is 161 Å². The van der Waals surface area contributed by atoms with Crippen molar-refractivity contribution in [3.63, 3.8) is 0 Å². The van der Waals surface area contributed by atoms with Crippen molar-refractivity contribution < 1.29 is 23.8 Å². The summed E-state index contributed by atoms with van der Waals surface area (Å²) < 4.78 is 10.6. The number of rotatable bonds is 9. The zero-order chi connectivity index (χ0) is 19.9. The average molecular weight is 383 g/mol. The van der Waals surface area contributed by atoms with Crippen molar-refractivity contribution in [3.05, 3.63) is 60.0 Å². The maximum atomic E-state index is 12.3. The number of carbonyl (C=O) groups is 2. The van der Waals surface area contributed by atoms with Crippen LogP contribution in [0.4, 0.5) is 0 Å². The van der Waals surface area contributed by atoms with Gasteiger partial charge in [0.25, 0.3) is 5.91 Å². The van der Waals surface area contributed by atoms with Gasteiger partial charge < -0.3 is 19.6 Å². The van der Waals surface area contributed by atoms with E-state index in [1.54, 1.807) is 30.3 Å². The van der Waals surface area contributed by atoms with E-state index in [0.717, 1.165) is 11.3 Å². The summed E-state index contributed by atoms with van der Waals surface area (Å²) >= 11 is 0. The molecule has 1 atom stereocenters. The molecule has 0 spiro atoms. The third-order valence-electron chi connectivity index (χ3n) is 4.17. The Kier molecular flexibility index (Phi) is 6.11. The van der Waals surface area contributed by atoms with Crippen LogP contribution in [0.1, 0.15) is 23.0 Å². The summed E-state index contributed by atoms with van der Waals surface area (Å²) in [5, 5.41) is 18.8. The van der Waals surface area contributed by atoms with Gasteiger partial charge in [-0.1, -0.05) is 12.1 Å². The Bertz CT molecular complexity index is 916. The molecule has 0 saturated carbocycles. The van der Waals surface area contributed by atoms with Crippen LogP contribution in [0.15, 0.2) is 53.1 Å². The second-order valence-corrected chi connectivity index (χ2v) is 6.17. The highest BCUT2D eigenvalue weighted by Crippen LogP contribution is 2.18. The Morgan fingerprint density at radius 2 is 2.07 bits per heavy atom. The van der Waals surface area contributed by atoms with Crippen LogP contribution in [-0.2, 0) is 11.2 Å². The molecular weight excluding hydrogens is 362 g/mol. The number of nitrogens with zero attached hydrogens (tertiary/aromatic N) is 1. The predicted molar refractivity (Wildman–Crippen MR) is 101 cm³/mol. The van der Waals surface area contributed by atoms with Gasteiger partial charge in [0.1, 0.15) is 11.4 Å². The molecule has 0 aliphatic rings. The lowest BCUT2D eigenvalue weighted by Gasteiger charge is -2.13. The number of carboxylic acid groups (broad SMARTS) is 1. The molecule has 3 rings (SSSR count). The molecule has 0 saturated heterocycles. The van der Waals surface area contributed by atoms with Gasteiger partial charge in [0.05, 0.1) is 18.8 Å². The number of amides is 1. The minimum atomic E-state index is -0.979. The van der Waals surface area contributed by atoms with Crippen LogP contribution in [0.25, 0.3) is 11.5 Å². The smallest absolute Gasteiger partial charge is 0.308 e. The van der Waals surface area contributed by atoms with Gasteiger partial charge in [-0.15, -0.1) is 0 Å². The van der Waals surface area contributed by atoms with Crippen molar-refractivity contribution in [1.29, 1.82) is 0 Å². The first kappa shape index (κ1) is 19.2. The van der Waals surface area contributed by atoms with Crippen molar-refractivity contribution in [3.8, 4) is 17.2 Å². The van der Waals surface area contributed by atoms with Gasteiger partial charge in [0.2, 0.25) is 0 Å². The fourth-order valence-corrected chi connectivity index (χ4v) is 2.72. The molecular formula is C20H21N3O5. The van der Waals surface area contributed by atoms with E-state index in [0.29, 0.717) is 24.5 Å². The number of furan rings is 1. The molecule has 0 aliphatic carbocycles. The summed E-state index contributed by atoms with van der Waals surface area (Å²) in [5.41, 5.74) is 1.58. The van der Waals surface area contributed by atoms with Crippen molar-refractivity contribution in [2.75, 3.05) is 13.2 Å². The lowest BCUT2D eigenvalue weighted by Crippen LogP contribution is -2.34. The van der Waals surface area contributed by atoms with Crippen LogP contribution in [0.3, 0.4) is 0 Å². The second kappa shape index (κ2) is 8.90. The summed E-state index contributed by atoms with van der Waals surface area (Å²) in [6.07, 6.45) is 1.81. The molecule has 0 radical (unpaired) electrons. The molecule has 1 amide bonds. The third kappa shape index (κ3) is 4.79. The molecule has 0 fully saturated rings. The highest BCUT2D eigenvalue weighted by atomic mass is 16.5. The molecule has 8 heteroatoms. The maximum Gasteiger partial charge on any atom is 0.308 e. The van der Waals surface area contributed by atoms with Gasteiger partial charge in [-0.25, -0.2) is 0 Å². The quantitative estimate of drug-likeness (QED) is 0.523. The van der Waals surface area contributed by atoms with E-state index < -0.39 is 17.8 Å². The van der Waals surface area contributed by atoms with Gasteiger partial charge in [0, 0.05) is 12.6 Å². The SMILES string of the molecule is CCOc1ccc(CC(CNC(=O)c2cc(-c3ccco3)[nH]n2)C(=O)O)cc1. The lowest BCUT2D eigenvalue weighted by molar-refractivity contribution is -0.141. The maximum absolute atomic E-state index is 12.3. The number of aliphatic carboxylic acids is 1. The number of aromatic amines is 1. The first-order valence-electron chi connectivity index (χ1n) is 8.89. The second-order valence-electron chi connectivity index (χ2n) is 6.17. The molecule has 28 heavy (non-hydrogen) atoms. The van der Waals surface area contributed by atoms with Crippen LogP contribution in [-0.4, -0.2) is 40.3 Å². The summed E-state index contributed by atoms with van der Waals surface area (Å²) in [5.74, 6) is -0.896. The first-order valence-corrected chi connectivity index (χ1v) is 8.89. The van der Waals surface area contributed by atoms with Crippen LogP contribution in [0, 0.1) is 5.92 Å². The Morgan fingerprint density at radius 1 is 1.29 bits per heavy atom. The molecule has 3 N–H and O–H groups in total. The molecule has 146 valence electrons. The molecule has 0 aliphatic heterocycles. The molecule has 2 heterocycles. The van der Waals surface area contributed by atoms with Crippen molar-refractivity contribution in [2.24, 2.45) is 5.92 Å². The number of hydrogen-bond acceptors (Lipinski definition) is 5. The largest absolute Gasteiger partial charge is 0.494 e. The number of hydrogen-bond donors (Lipinski definition) is 3. The Morgan fingerprint density at radius 3 is 2.71 bits per heavy atom. The summed E-state index contributed by atoms with van der Waals surface area (Å²) in [6.45, 7) is 2.45. The van der Waals surface area contributed by atoms with Crippen molar-refractivity contribution in [1.82, 2.24) is 15.5 Å². The van der Waals surface area contributed by atoms with E-state index in [1.165, 1.54) is 6.26 Å². The summed E-state index contributed by atoms with van der Waals surface area (Å²) in [7, 11) is 0. The minimum Gasteiger partial charge on any atom is -0.494 e. The lowest BCUT2D eigenvalue weighted by atomic mass is 9.99. The topological polar surface area (TPSA) is 117 Å². The number of carbonyl (C=O) groups excluding carboxylic acids is 1. The van der Waals surface area contributed by atoms with Gasteiger partial charge >= 0.3 is 5.97 Å². The minimum absolute atomic E-state index is 0.00960. The van der Waals surface area contributed by atoms with Gasteiger partial charge in [-0.3, -0.25) is 14.7 Å². The number of carboxylic acids is 1. The fourth-order valence-electron chi connectivity index (χ4n) is 2.72. The first-order chi connectivity index (χ1) is 13.6. The van der Waals surface area contributed by atoms with Crippen molar-refractivity contribution >= 4 is 11.9 Å². The Hall–Kier alpha value is -3.55. The van der Waals surface area contributed by atoms with Crippen molar-refractivity contribution in [2.45, 2.75) is 13.3 Å². The van der Waals surface area contributed by atoms with Crippen LogP contribution in [0.2, 0.25) is 0 Å². The third-order valence-corrected chi connectivity index (χ3v) is 4.17. The Balaban J connectivity index is 1.58. The van der Waals surface area contributed by atoms with E-state index in [4.69, 9.17) is 9.15 Å². The number of H-pyrrole nitrogens is 1. The number of nitrogens with one attached hydrogen (secondary N) is 2.